The van der Waals surface area contributed by atoms with Gasteiger partial charge in [0.05, 0.1) is 25.5 Å². The van der Waals surface area contributed by atoms with E-state index in [9.17, 15) is 24.4 Å². The Morgan fingerprint density at radius 1 is 1.27 bits per heavy atom. The molecule has 0 amide bonds. The molecule has 0 bridgehead atoms. The first-order valence-corrected chi connectivity index (χ1v) is 7.89. The number of aromatic amines is 1. The minimum atomic E-state index is -4.55. The van der Waals surface area contributed by atoms with Crippen LogP contribution in [0.3, 0.4) is 0 Å². The molecular weight excluding hydrogens is 323 g/mol. The number of aromatic nitrogens is 2. The highest BCUT2D eigenvalue weighted by atomic mass is 31.2. The lowest BCUT2D eigenvalue weighted by Gasteiger charge is -2.27. The fourth-order valence-electron chi connectivity index (χ4n) is 1.67. The van der Waals surface area contributed by atoms with Gasteiger partial charge in [-0.1, -0.05) is 0 Å². The fraction of sp³-hybridized carbons (Fsp3) is 0.600. The lowest BCUT2D eigenvalue weighted by Crippen LogP contribution is -2.41. The van der Waals surface area contributed by atoms with E-state index >= 15 is 0 Å². The molecule has 0 radical (unpaired) electrons. The number of rotatable bonds is 8. The summed E-state index contributed by atoms with van der Waals surface area (Å²) in [6.07, 6.45) is -4.47. The Kier molecular flexibility index (Phi) is 6.63. The van der Waals surface area contributed by atoms with Crippen LogP contribution in [0.5, 0.6) is 0 Å². The Hall–Kier alpha value is -1.33. The second-order valence-corrected chi connectivity index (χ2v) is 6.12. The number of aliphatic hydroxyl groups is 3. The molecule has 1 heterocycles. The maximum atomic E-state index is 11.6. The summed E-state index contributed by atoms with van der Waals surface area (Å²) in [4.78, 5) is 42.0. The van der Waals surface area contributed by atoms with E-state index < -0.39 is 56.7 Å². The third-order valence-corrected chi connectivity index (χ3v) is 3.53. The Bertz CT molecular complexity index is 636. The summed E-state index contributed by atoms with van der Waals surface area (Å²) in [7, 11) is -4.55. The minimum absolute atomic E-state index is 0.668. The van der Waals surface area contributed by atoms with E-state index in [1.807, 2.05) is 4.98 Å². The smallest absolute Gasteiger partial charge is 0.330 e. The van der Waals surface area contributed by atoms with Gasteiger partial charge in [0.15, 0.2) is 6.23 Å². The van der Waals surface area contributed by atoms with Crippen molar-refractivity contribution in [1.29, 1.82) is 0 Å². The maximum Gasteiger partial charge on any atom is 0.330 e. The second-order valence-electron chi connectivity index (χ2n) is 4.43. The van der Waals surface area contributed by atoms with E-state index in [1.54, 1.807) is 0 Å². The molecule has 6 N–H and O–H groups in total. The highest BCUT2D eigenvalue weighted by molar-refractivity contribution is 7.51. The van der Waals surface area contributed by atoms with Crippen LogP contribution in [-0.4, -0.2) is 66.2 Å². The first-order valence-electron chi connectivity index (χ1n) is 6.09. The van der Waals surface area contributed by atoms with Crippen molar-refractivity contribution < 1.29 is 34.4 Å². The zero-order chi connectivity index (χ0) is 16.9. The molecule has 0 aliphatic heterocycles. The standard InChI is InChI=1S/C10H17N2O9P/c13-3-7(6(15)5-22(18,19)20)21-9(4-14)12-2-1-8(16)11-10(12)17/h1-2,6-7,9,13-15H,3-5H2,(H,11,16,17)(H2,18,19,20)/t6-,7+,9-/m1/s1. The predicted molar refractivity (Wildman–Crippen MR) is 72.3 cm³/mol. The Labute approximate surface area is 123 Å². The van der Waals surface area contributed by atoms with Crippen molar-refractivity contribution >= 4 is 7.60 Å². The SMILES string of the molecule is O=c1ccn([C@@H](CO)O[C@@H](CO)[C@H](O)CP(=O)(O)O)c(=O)[nH]1. The largest absolute Gasteiger partial charge is 0.394 e. The molecule has 0 aliphatic rings. The van der Waals surface area contributed by atoms with Gasteiger partial charge in [-0.2, -0.15) is 0 Å². The first kappa shape index (κ1) is 18.7. The van der Waals surface area contributed by atoms with Gasteiger partial charge in [0.1, 0.15) is 6.10 Å². The van der Waals surface area contributed by atoms with Crippen molar-refractivity contribution in [2.24, 2.45) is 0 Å². The summed E-state index contributed by atoms with van der Waals surface area (Å²) >= 11 is 0. The van der Waals surface area contributed by atoms with E-state index in [-0.39, 0.29) is 0 Å². The van der Waals surface area contributed by atoms with Gasteiger partial charge in [0.2, 0.25) is 0 Å². The molecule has 0 fully saturated rings. The van der Waals surface area contributed by atoms with Gasteiger partial charge in [-0.15, -0.1) is 0 Å². The Morgan fingerprint density at radius 2 is 1.91 bits per heavy atom. The van der Waals surface area contributed by atoms with Crippen LogP contribution in [-0.2, 0) is 9.30 Å². The Balaban J connectivity index is 2.93. The summed E-state index contributed by atoms with van der Waals surface area (Å²) in [5.74, 6) is 0. The Morgan fingerprint density at radius 3 is 2.36 bits per heavy atom. The molecule has 0 unspecified atom stereocenters. The van der Waals surface area contributed by atoms with Crippen molar-refractivity contribution in [1.82, 2.24) is 9.55 Å². The van der Waals surface area contributed by atoms with Gasteiger partial charge >= 0.3 is 13.3 Å². The number of nitrogens with zero attached hydrogens (tertiary/aromatic N) is 1. The molecule has 3 atom stereocenters. The number of aliphatic hydroxyl groups excluding tert-OH is 3. The van der Waals surface area contributed by atoms with Crippen LogP contribution in [0.25, 0.3) is 0 Å². The van der Waals surface area contributed by atoms with E-state index in [0.717, 1.165) is 16.8 Å². The summed E-state index contributed by atoms with van der Waals surface area (Å²) in [6.45, 7) is -1.55. The normalized spacial score (nSPS) is 16.2. The number of ether oxygens (including phenoxy) is 1. The van der Waals surface area contributed by atoms with Crippen molar-refractivity contribution in [3.8, 4) is 0 Å². The van der Waals surface area contributed by atoms with E-state index in [2.05, 4.69) is 0 Å². The number of hydrogen-bond donors (Lipinski definition) is 6. The zero-order valence-corrected chi connectivity index (χ0v) is 12.2. The molecule has 12 heteroatoms. The zero-order valence-electron chi connectivity index (χ0n) is 11.3. The summed E-state index contributed by atoms with van der Waals surface area (Å²) in [6, 6.07) is 0.993. The average Bonchev–Trinajstić information content (AvgIpc) is 2.39. The van der Waals surface area contributed by atoms with Crippen molar-refractivity contribution in [3.63, 3.8) is 0 Å². The van der Waals surface area contributed by atoms with Crippen LogP contribution >= 0.6 is 7.60 Å². The number of hydrogen-bond acceptors (Lipinski definition) is 7. The molecular formula is C10H17N2O9P. The highest BCUT2D eigenvalue weighted by Crippen LogP contribution is 2.36. The lowest BCUT2D eigenvalue weighted by atomic mass is 10.2. The molecule has 0 aromatic carbocycles. The third kappa shape index (κ3) is 5.46. The first-order chi connectivity index (χ1) is 10.2. The fourth-order valence-corrected chi connectivity index (χ4v) is 2.39. The van der Waals surface area contributed by atoms with E-state index in [4.69, 9.17) is 19.6 Å². The average molecular weight is 340 g/mol. The predicted octanol–water partition coefficient (Wildman–Crippen LogP) is -3.06. The molecule has 0 aliphatic carbocycles. The van der Waals surface area contributed by atoms with Crippen LogP contribution in [0.1, 0.15) is 6.23 Å². The molecule has 0 saturated heterocycles. The topological polar surface area (TPSA) is 182 Å². The molecule has 1 rings (SSSR count). The van der Waals surface area contributed by atoms with E-state index in [1.165, 1.54) is 0 Å². The quantitative estimate of drug-likeness (QED) is 0.268. The molecule has 1 aromatic heterocycles. The van der Waals surface area contributed by atoms with Crippen LogP contribution in [0.2, 0.25) is 0 Å². The molecule has 1 aromatic rings. The van der Waals surface area contributed by atoms with Gasteiger partial charge in [0, 0.05) is 12.3 Å². The van der Waals surface area contributed by atoms with Crippen molar-refractivity contribution in [3.05, 3.63) is 33.1 Å². The lowest BCUT2D eigenvalue weighted by molar-refractivity contribution is -0.134. The van der Waals surface area contributed by atoms with Gasteiger partial charge in [-0.05, 0) is 0 Å². The van der Waals surface area contributed by atoms with Crippen molar-refractivity contribution in [2.75, 3.05) is 19.4 Å². The third-order valence-electron chi connectivity index (χ3n) is 2.68. The van der Waals surface area contributed by atoms with E-state index in [0.29, 0.717) is 0 Å². The van der Waals surface area contributed by atoms with Crippen molar-refractivity contribution in [2.45, 2.75) is 18.4 Å². The number of H-pyrrole nitrogens is 1. The summed E-state index contributed by atoms with van der Waals surface area (Å²) < 4.78 is 16.7. The second kappa shape index (κ2) is 7.79. The molecule has 0 saturated carbocycles. The molecule has 0 spiro atoms. The monoisotopic (exact) mass is 340 g/mol. The van der Waals surface area contributed by atoms with Crippen LogP contribution in [0, 0.1) is 0 Å². The van der Waals surface area contributed by atoms with Gasteiger partial charge < -0.3 is 29.8 Å². The molecule has 22 heavy (non-hydrogen) atoms. The van der Waals surface area contributed by atoms with Crippen LogP contribution in [0.4, 0.5) is 0 Å². The molecule has 11 nitrogen and oxygen atoms in total. The van der Waals surface area contributed by atoms with Crippen LogP contribution in [0.15, 0.2) is 21.9 Å². The summed E-state index contributed by atoms with van der Waals surface area (Å²) in [5, 5.41) is 28.0. The summed E-state index contributed by atoms with van der Waals surface area (Å²) in [5.41, 5.74) is -1.56. The number of nitrogens with one attached hydrogen (secondary N) is 1. The van der Waals surface area contributed by atoms with Gasteiger partial charge in [-0.25, -0.2) is 4.79 Å². The minimum Gasteiger partial charge on any atom is -0.394 e. The highest BCUT2D eigenvalue weighted by Gasteiger charge is 2.30. The molecule has 126 valence electrons. The maximum absolute atomic E-state index is 11.6. The van der Waals surface area contributed by atoms with Gasteiger partial charge in [0.25, 0.3) is 5.56 Å². The van der Waals surface area contributed by atoms with Gasteiger partial charge in [-0.3, -0.25) is 18.9 Å². The van der Waals surface area contributed by atoms with Crippen LogP contribution < -0.4 is 11.2 Å².